The molecule has 0 saturated heterocycles. The van der Waals surface area contributed by atoms with Gasteiger partial charge in [-0.3, -0.25) is 4.79 Å². The summed E-state index contributed by atoms with van der Waals surface area (Å²) in [6, 6.07) is 16.1. The first-order valence-electron chi connectivity index (χ1n) is 8.48. The van der Waals surface area contributed by atoms with E-state index in [1.165, 1.54) is 29.5 Å². The molecule has 0 saturated carbocycles. The van der Waals surface area contributed by atoms with Crippen LogP contribution in [0.3, 0.4) is 0 Å². The molecule has 4 aromatic rings. The van der Waals surface area contributed by atoms with Gasteiger partial charge >= 0.3 is 5.97 Å². The smallest absolute Gasteiger partial charge is 0.337 e. The molecule has 0 unspecified atom stereocenters. The van der Waals surface area contributed by atoms with Crippen molar-refractivity contribution in [3.05, 3.63) is 88.7 Å². The zero-order valence-electron chi connectivity index (χ0n) is 14.6. The minimum atomic E-state index is -1.11. The van der Waals surface area contributed by atoms with Crippen molar-refractivity contribution >= 4 is 39.1 Å². The minimum absolute atomic E-state index is 0.0225. The lowest BCUT2D eigenvalue weighted by Crippen LogP contribution is -2.19. The van der Waals surface area contributed by atoms with Crippen molar-refractivity contribution in [2.24, 2.45) is 0 Å². The summed E-state index contributed by atoms with van der Waals surface area (Å²) in [5.41, 5.74) is 2.41. The lowest BCUT2D eigenvalue weighted by molar-refractivity contribution is 0.0698. The highest BCUT2D eigenvalue weighted by Gasteiger charge is 2.19. The van der Waals surface area contributed by atoms with Gasteiger partial charge in [0, 0.05) is 6.54 Å². The third-order valence-corrected chi connectivity index (χ3v) is 5.27. The van der Waals surface area contributed by atoms with Gasteiger partial charge in [0.05, 0.1) is 21.5 Å². The molecule has 0 aliphatic rings. The molecule has 5 nitrogen and oxygen atoms in total. The number of amides is 1. The Labute approximate surface area is 163 Å². The van der Waals surface area contributed by atoms with Crippen LogP contribution in [0.4, 0.5) is 10.1 Å². The molecule has 0 aliphatic heterocycles. The molecule has 2 aromatic carbocycles. The first-order chi connectivity index (χ1) is 13.5. The second kappa shape index (κ2) is 7.28. The number of hydrogen-bond acceptors (Lipinski definition) is 3. The number of para-hydroxylation sites is 1. The van der Waals surface area contributed by atoms with Crippen LogP contribution in [0.15, 0.2) is 66.0 Å². The lowest BCUT2D eigenvalue weighted by atomic mass is 10.1. The van der Waals surface area contributed by atoms with Crippen molar-refractivity contribution in [1.82, 2.24) is 4.57 Å². The number of fused-ring (bicyclic) bond motifs is 1. The Morgan fingerprint density at radius 1 is 1.07 bits per heavy atom. The fourth-order valence-electron chi connectivity index (χ4n) is 3.07. The number of thiophene rings is 1. The van der Waals surface area contributed by atoms with E-state index < -0.39 is 11.9 Å². The molecule has 7 heteroatoms. The van der Waals surface area contributed by atoms with E-state index >= 15 is 0 Å². The number of carbonyl (C=O) groups excluding carboxylic acids is 1. The SMILES string of the molecule is O=C(O)c1ccccc1NC(=O)c1cc2sccc2n1Cc1ccc(F)cc1. The molecule has 28 heavy (non-hydrogen) atoms. The molecule has 0 radical (unpaired) electrons. The van der Waals surface area contributed by atoms with Gasteiger partial charge in [-0.15, -0.1) is 11.3 Å². The number of carboxylic acids is 1. The third-order valence-electron chi connectivity index (χ3n) is 4.42. The fraction of sp³-hybridized carbons (Fsp3) is 0.0476. The minimum Gasteiger partial charge on any atom is -0.478 e. The van der Waals surface area contributed by atoms with E-state index in [1.54, 1.807) is 36.4 Å². The first-order valence-corrected chi connectivity index (χ1v) is 9.36. The highest BCUT2D eigenvalue weighted by Crippen LogP contribution is 2.27. The Bertz CT molecular complexity index is 1180. The molecule has 0 aliphatic carbocycles. The maximum Gasteiger partial charge on any atom is 0.337 e. The predicted molar refractivity (Wildman–Crippen MR) is 107 cm³/mol. The number of halogens is 1. The standard InChI is InChI=1S/C21H15FN2O3S/c22-14-7-5-13(6-8-14)12-24-17-9-10-28-19(17)11-18(24)20(25)23-16-4-2-1-3-15(16)21(26)27/h1-11H,12H2,(H,23,25)(H,26,27). The van der Waals surface area contributed by atoms with E-state index in [-0.39, 0.29) is 17.1 Å². The van der Waals surface area contributed by atoms with Gasteiger partial charge in [0.15, 0.2) is 0 Å². The van der Waals surface area contributed by atoms with E-state index in [0.29, 0.717) is 12.2 Å². The summed E-state index contributed by atoms with van der Waals surface area (Å²) in [5.74, 6) is -1.84. The molecule has 2 N–H and O–H groups in total. The van der Waals surface area contributed by atoms with Crippen molar-refractivity contribution in [1.29, 1.82) is 0 Å². The van der Waals surface area contributed by atoms with Crippen LogP contribution in [0.2, 0.25) is 0 Å². The van der Waals surface area contributed by atoms with Crippen LogP contribution in [0.25, 0.3) is 10.2 Å². The van der Waals surface area contributed by atoms with Crippen molar-refractivity contribution in [3.63, 3.8) is 0 Å². The monoisotopic (exact) mass is 394 g/mol. The topological polar surface area (TPSA) is 71.3 Å². The Kier molecular flexibility index (Phi) is 4.67. The Hall–Kier alpha value is -3.45. The Balaban J connectivity index is 1.70. The van der Waals surface area contributed by atoms with Gasteiger partial charge in [-0.05, 0) is 47.3 Å². The lowest BCUT2D eigenvalue weighted by Gasteiger charge is -2.12. The molecular formula is C21H15FN2O3S. The number of hydrogen-bond donors (Lipinski definition) is 2. The number of aromatic carboxylic acids is 1. The van der Waals surface area contributed by atoms with Crippen LogP contribution in [-0.4, -0.2) is 21.6 Å². The zero-order valence-corrected chi connectivity index (χ0v) is 15.4. The van der Waals surface area contributed by atoms with Crippen molar-refractivity contribution in [3.8, 4) is 0 Å². The van der Waals surface area contributed by atoms with Gasteiger partial charge in [0.25, 0.3) is 5.91 Å². The number of nitrogens with zero attached hydrogens (tertiary/aromatic N) is 1. The molecule has 0 fully saturated rings. The number of nitrogens with one attached hydrogen (secondary N) is 1. The van der Waals surface area contributed by atoms with Gasteiger partial charge < -0.3 is 15.0 Å². The molecule has 4 rings (SSSR count). The number of rotatable bonds is 5. The molecular weight excluding hydrogens is 379 g/mol. The van der Waals surface area contributed by atoms with E-state index in [2.05, 4.69) is 5.32 Å². The number of carbonyl (C=O) groups is 2. The van der Waals surface area contributed by atoms with E-state index in [9.17, 15) is 19.1 Å². The largest absolute Gasteiger partial charge is 0.478 e. The van der Waals surface area contributed by atoms with Crippen molar-refractivity contribution in [2.75, 3.05) is 5.32 Å². The molecule has 2 aromatic heterocycles. The molecule has 0 atom stereocenters. The van der Waals surface area contributed by atoms with Crippen LogP contribution < -0.4 is 5.32 Å². The molecule has 0 spiro atoms. The van der Waals surface area contributed by atoms with E-state index in [4.69, 9.17) is 0 Å². The van der Waals surface area contributed by atoms with Gasteiger partial charge in [-0.25, -0.2) is 9.18 Å². The quantitative estimate of drug-likeness (QED) is 0.509. The summed E-state index contributed by atoms with van der Waals surface area (Å²) in [7, 11) is 0. The van der Waals surface area contributed by atoms with Gasteiger partial charge in [-0.1, -0.05) is 24.3 Å². The molecule has 1 amide bonds. The summed E-state index contributed by atoms with van der Waals surface area (Å²) in [5, 5.41) is 14.0. The highest BCUT2D eigenvalue weighted by atomic mass is 32.1. The maximum atomic E-state index is 13.2. The second-order valence-corrected chi connectivity index (χ2v) is 7.16. The summed E-state index contributed by atoms with van der Waals surface area (Å²) < 4.78 is 16.0. The van der Waals surface area contributed by atoms with Gasteiger partial charge in [0.1, 0.15) is 11.5 Å². The van der Waals surface area contributed by atoms with Crippen molar-refractivity contribution in [2.45, 2.75) is 6.54 Å². The molecule has 2 heterocycles. The van der Waals surface area contributed by atoms with Crippen molar-refractivity contribution < 1.29 is 19.1 Å². The summed E-state index contributed by atoms with van der Waals surface area (Å²) in [6.45, 7) is 0.393. The van der Waals surface area contributed by atoms with Crippen LogP contribution in [0, 0.1) is 5.82 Å². The Morgan fingerprint density at radius 3 is 2.57 bits per heavy atom. The summed E-state index contributed by atoms with van der Waals surface area (Å²) >= 11 is 1.51. The van der Waals surface area contributed by atoms with Gasteiger partial charge in [0.2, 0.25) is 0 Å². The van der Waals surface area contributed by atoms with Crippen LogP contribution in [0.1, 0.15) is 26.4 Å². The van der Waals surface area contributed by atoms with Gasteiger partial charge in [-0.2, -0.15) is 0 Å². The summed E-state index contributed by atoms with van der Waals surface area (Å²) in [4.78, 5) is 24.3. The first kappa shape index (κ1) is 17.9. The van der Waals surface area contributed by atoms with E-state index in [0.717, 1.165) is 15.8 Å². The predicted octanol–water partition coefficient (Wildman–Crippen LogP) is 4.84. The normalized spacial score (nSPS) is 10.9. The van der Waals surface area contributed by atoms with Crippen LogP contribution in [-0.2, 0) is 6.54 Å². The molecule has 0 bridgehead atoms. The number of carboxylic acid groups (broad SMARTS) is 1. The maximum absolute atomic E-state index is 13.2. The average Bonchev–Trinajstić information content (AvgIpc) is 3.26. The summed E-state index contributed by atoms with van der Waals surface area (Å²) in [6.07, 6.45) is 0. The number of anilines is 1. The average molecular weight is 394 g/mol. The number of benzene rings is 2. The Morgan fingerprint density at radius 2 is 1.82 bits per heavy atom. The van der Waals surface area contributed by atoms with Crippen LogP contribution >= 0.6 is 11.3 Å². The fourth-order valence-corrected chi connectivity index (χ4v) is 3.90. The zero-order chi connectivity index (χ0) is 19.7. The number of aromatic nitrogens is 1. The van der Waals surface area contributed by atoms with Crippen LogP contribution in [0.5, 0.6) is 0 Å². The van der Waals surface area contributed by atoms with E-state index in [1.807, 2.05) is 16.0 Å². The third kappa shape index (κ3) is 3.39. The molecule has 140 valence electrons. The highest BCUT2D eigenvalue weighted by molar-refractivity contribution is 7.17. The second-order valence-electron chi connectivity index (χ2n) is 6.22.